The zero-order valence-corrected chi connectivity index (χ0v) is 13.7. The normalized spacial score (nSPS) is 17.6. The smallest absolute Gasteiger partial charge is 0.256 e. The van der Waals surface area contributed by atoms with Crippen molar-refractivity contribution in [2.75, 3.05) is 6.54 Å². The van der Waals surface area contributed by atoms with Gasteiger partial charge in [0.15, 0.2) is 5.65 Å². The summed E-state index contributed by atoms with van der Waals surface area (Å²) < 4.78 is 0. The summed E-state index contributed by atoms with van der Waals surface area (Å²) in [7, 11) is 0. The average molecular weight is 322 g/mol. The maximum absolute atomic E-state index is 13.0. The molecule has 1 unspecified atom stereocenters. The standard InChI is InChI=1S/C17H18N6O/c1-10-15(11(2)22-21-10)14-4-3-7-23(14)17(24)12-8-13-16(20-9-12)19-6-5-18-13/h5-6,8-9,14H,3-4,7H2,1-2H3,(H,21,22). The summed E-state index contributed by atoms with van der Waals surface area (Å²) in [6.45, 7) is 4.72. The van der Waals surface area contributed by atoms with Gasteiger partial charge in [-0.25, -0.2) is 9.97 Å². The lowest BCUT2D eigenvalue weighted by Gasteiger charge is -2.25. The molecule has 1 amide bonds. The van der Waals surface area contributed by atoms with Crippen molar-refractivity contribution in [2.45, 2.75) is 32.7 Å². The van der Waals surface area contributed by atoms with Gasteiger partial charge in [-0.15, -0.1) is 0 Å². The Morgan fingerprint density at radius 3 is 2.88 bits per heavy atom. The third-order valence-corrected chi connectivity index (χ3v) is 4.60. The van der Waals surface area contributed by atoms with E-state index in [9.17, 15) is 4.79 Å². The van der Waals surface area contributed by atoms with Crippen LogP contribution in [0.25, 0.3) is 11.2 Å². The molecule has 7 heteroatoms. The minimum atomic E-state index is -0.0162. The molecule has 1 saturated heterocycles. The van der Waals surface area contributed by atoms with Crippen molar-refractivity contribution in [3.8, 4) is 0 Å². The molecule has 0 radical (unpaired) electrons. The van der Waals surface area contributed by atoms with Crippen molar-refractivity contribution >= 4 is 17.1 Å². The second-order valence-electron chi connectivity index (χ2n) is 6.13. The number of fused-ring (bicyclic) bond motifs is 1. The summed E-state index contributed by atoms with van der Waals surface area (Å²) in [6, 6.07) is 1.83. The molecule has 3 aromatic rings. The molecule has 0 spiro atoms. The number of aryl methyl sites for hydroxylation is 2. The van der Waals surface area contributed by atoms with Crippen LogP contribution in [0.2, 0.25) is 0 Å². The molecule has 4 rings (SSSR count). The number of hydrogen-bond donors (Lipinski definition) is 1. The van der Waals surface area contributed by atoms with Crippen molar-refractivity contribution < 1.29 is 4.79 Å². The molecule has 1 fully saturated rings. The highest BCUT2D eigenvalue weighted by molar-refractivity contribution is 5.96. The van der Waals surface area contributed by atoms with Gasteiger partial charge in [0.1, 0.15) is 5.52 Å². The highest BCUT2D eigenvalue weighted by Gasteiger charge is 2.33. The van der Waals surface area contributed by atoms with Gasteiger partial charge < -0.3 is 4.90 Å². The molecule has 4 heterocycles. The molecule has 3 aromatic heterocycles. The van der Waals surface area contributed by atoms with Gasteiger partial charge in [-0.1, -0.05) is 0 Å². The molecule has 0 saturated carbocycles. The summed E-state index contributed by atoms with van der Waals surface area (Å²) >= 11 is 0. The van der Waals surface area contributed by atoms with Crippen LogP contribution in [0.15, 0.2) is 24.7 Å². The predicted octanol–water partition coefficient (Wildman–Crippen LogP) is 2.34. The number of amides is 1. The van der Waals surface area contributed by atoms with E-state index >= 15 is 0 Å². The van der Waals surface area contributed by atoms with E-state index in [0.29, 0.717) is 16.7 Å². The first-order chi connectivity index (χ1) is 11.6. The monoisotopic (exact) mass is 322 g/mol. The summed E-state index contributed by atoms with van der Waals surface area (Å²) in [6.07, 6.45) is 6.73. The summed E-state index contributed by atoms with van der Waals surface area (Å²) in [5.74, 6) is -0.0162. The molecule has 24 heavy (non-hydrogen) atoms. The number of pyridine rings is 1. The predicted molar refractivity (Wildman–Crippen MR) is 88.4 cm³/mol. The van der Waals surface area contributed by atoms with Gasteiger partial charge in [0.25, 0.3) is 5.91 Å². The van der Waals surface area contributed by atoms with Crippen molar-refractivity contribution in [1.82, 2.24) is 30.0 Å². The van der Waals surface area contributed by atoms with E-state index in [1.165, 1.54) is 0 Å². The second kappa shape index (κ2) is 5.67. The number of carbonyl (C=O) groups is 1. The summed E-state index contributed by atoms with van der Waals surface area (Å²) in [4.78, 5) is 27.6. The van der Waals surface area contributed by atoms with E-state index in [1.54, 1.807) is 24.7 Å². The number of nitrogens with one attached hydrogen (secondary N) is 1. The SMILES string of the molecule is Cc1n[nH]c(C)c1C1CCCN1C(=O)c1cnc2nccnc2c1. The van der Waals surface area contributed by atoms with Crippen LogP contribution in [0.5, 0.6) is 0 Å². The van der Waals surface area contributed by atoms with Gasteiger partial charge in [0.05, 0.1) is 17.3 Å². The van der Waals surface area contributed by atoms with E-state index in [4.69, 9.17) is 0 Å². The zero-order valence-electron chi connectivity index (χ0n) is 13.7. The fraction of sp³-hybridized carbons (Fsp3) is 0.353. The van der Waals surface area contributed by atoms with E-state index in [2.05, 4.69) is 25.1 Å². The maximum atomic E-state index is 13.0. The fourth-order valence-corrected chi connectivity index (χ4v) is 3.50. The highest BCUT2D eigenvalue weighted by atomic mass is 16.2. The first-order valence-corrected chi connectivity index (χ1v) is 8.04. The molecule has 1 N–H and O–H groups in total. The number of aromatic amines is 1. The average Bonchev–Trinajstić information content (AvgIpc) is 3.20. The molecule has 122 valence electrons. The van der Waals surface area contributed by atoms with Crippen LogP contribution < -0.4 is 0 Å². The Balaban J connectivity index is 1.69. The minimum absolute atomic E-state index is 0.0162. The van der Waals surface area contributed by atoms with E-state index in [-0.39, 0.29) is 11.9 Å². The lowest BCUT2D eigenvalue weighted by atomic mass is 10.0. The number of hydrogen-bond acceptors (Lipinski definition) is 5. The van der Waals surface area contributed by atoms with Crippen LogP contribution in [0.1, 0.15) is 46.2 Å². The summed E-state index contributed by atoms with van der Waals surface area (Å²) in [5, 5.41) is 7.29. The quantitative estimate of drug-likeness (QED) is 0.782. The van der Waals surface area contributed by atoms with Gasteiger partial charge in [0, 0.05) is 36.4 Å². The van der Waals surface area contributed by atoms with Crippen LogP contribution in [-0.4, -0.2) is 42.5 Å². The molecular weight excluding hydrogens is 304 g/mol. The first kappa shape index (κ1) is 14.7. The van der Waals surface area contributed by atoms with Crippen molar-refractivity contribution in [3.05, 3.63) is 47.2 Å². The molecule has 0 bridgehead atoms. The lowest BCUT2D eigenvalue weighted by Crippen LogP contribution is -2.31. The zero-order chi connectivity index (χ0) is 16.7. The van der Waals surface area contributed by atoms with Crippen molar-refractivity contribution in [2.24, 2.45) is 0 Å². The number of H-pyrrole nitrogens is 1. The van der Waals surface area contributed by atoms with Crippen LogP contribution in [0, 0.1) is 13.8 Å². The van der Waals surface area contributed by atoms with Gasteiger partial charge in [-0.3, -0.25) is 14.9 Å². The highest BCUT2D eigenvalue weighted by Crippen LogP contribution is 2.35. The van der Waals surface area contributed by atoms with E-state index < -0.39 is 0 Å². The number of likely N-dealkylation sites (tertiary alicyclic amines) is 1. The van der Waals surface area contributed by atoms with Crippen molar-refractivity contribution in [3.63, 3.8) is 0 Å². The van der Waals surface area contributed by atoms with E-state index in [0.717, 1.165) is 36.3 Å². The largest absolute Gasteiger partial charge is 0.331 e. The van der Waals surface area contributed by atoms with E-state index in [1.807, 2.05) is 18.7 Å². The Hall–Kier alpha value is -2.83. The van der Waals surface area contributed by atoms with Gasteiger partial charge in [0.2, 0.25) is 0 Å². The second-order valence-corrected chi connectivity index (χ2v) is 6.13. The van der Waals surface area contributed by atoms with Crippen LogP contribution in [0.3, 0.4) is 0 Å². The van der Waals surface area contributed by atoms with Crippen LogP contribution >= 0.6 is 0 Å². The Morgan fingerprint density at radius 1 is 1.25 bits per heavy atom. The number of aromatic nitrogens is 5. The Morgan fingerprint density at radius 2 is 2.08 bits per heavy atom. The molecule has 1 atom stereocenters. The third-order valence-electron chi connectivity index (χ3n) is 4.60. The molecule has 1 aliphatic heterocycles. The molecule has 0 aromatic carbocycles. The first-order valence-electron chi connectivity index (χ1n) is 8.04. The van der Waals surface area contributed by atoms with Gasteiger partial charge >= 0.3 is 0 Å². The lowest BCUT2D eigenvalue weighted by molar-refractivity contribution is 0.0735. The maximum Gasteiger partial charge on any atom is 0.256 e. The molecular formula is C17H18N6O. The number of carbonyl (C=O) groups excluding carboxylic acids is 1. The van der Waals surface area contributed by atoms with Gasteiger partial charge in [-0.05, 0) is 32.8 Å². The fourth-order valence-electron chi connectivity index (χ4n) is 3.50. The van der Waals surface area contributed by atoms with Crippen molar-refractivity contribution in [1.29, 1.82) is 0 Å². The minimum Gasteiger partial charge on any atom is -0.331 e. The molecule has 1 aliphatic rings. The summed E-state index contributed by atoms with van der Waals surface area (Å²) in [5.41, 5.74) is 4.85. The van der Waals surface area contributed by atoms with Gasteiger partial charge in [-0.2, -0.15) is 5.10 Å². The number of rotatable bonds is 2. The number of nitrogens with zero attached hydrogens (tertiary/aromatic N) is 5. The Kier molecular flexibility index (Phi) is 3.48. The molecule has 7 nitrogen and oxygen atoms in total. The Labute approximate surface area is 139 Å². The van der Waals surface area contributed by atoms with Crippen LogP contribution in [0.4, 0.5) is 0 Å². The van der Waals surface area contributed by atoms with Crippen LogP contribution in [-0.2, 0) is 0 Å². The molecule has 0 aliphatic carbocycles. The Bertz CT molecular complexity index is 899. The topological polar surface area (TPSA) is 87.7 Å². The third kappa shape index (κ3) is 2.33.